The molecule has 2 aromatic carbocycles. The Morgan fingerprint density at radius 2 is 1.48 bits per heavy atom. The van der Waals surface area contributed by atoms with Gasteiger partial charge in [0.1, 0.15) is 35.1 Å². The smallest absolute Gasteiger partial charge is 0.273 e. The molecule has 1 aliphatic rings. The first-order valence-corrected chi connectivity index (χ1v) is 10.6. The van der Waals surface area contributed by atoms with Gasteiger partial charge < -0.3 is 20.1 Å². The Labute approximate surface area is 181 Å². The van der Waals surface area contributed by atoms with Crippen LogP contribution in [-0.2, 0) is 4.74 Å². The molecule has 0 unspecified atom stereocenters. The van der Waals surface area contributed by atoms with E-state index in [0.29, 0.717) is 22.3 Å². The van der Waals surface area contributed by atoms with Crippen LogP contribution in [0.3, 0.4) is 0 Å². The summed E-state index contributed by atoms with van der Waals surface area (Å²) < 4.78 is 6.97. The number of aliphatic hydroxyl groups is 3. The van der Waals surface area contributed by atoms with E-state index in [-0.39, 0.29) is 6.61 Å². The Morgan fingerprint density at radius 3 is 2.16 bits per heavy atom. The Balaban J connectivity index is 1.59. The van der Waals surface area contributed by atoms with Crippen molar-refractivity contribution in [3.8, 4) is 22.5 Å². The van der Waals surface area contributed by atoms with Crippen molar-refractivity contribution in [1.29, 1.82) is 0 Å². The Bertz CT molecular complexity index is 1190. The predicted octanol–water partition coefficient (Wildman–Crippen LogP) is 1.38. The third-order valence-electron chi connectivity index (χ3n) is 5.00. The molecule has 3 N–H and O–H groups in total. The van der Waals surface area contributed by atoms with E-state index in [4.69, 9.17) is 14.8 Å². The molecule has 10 heteroatoms. The van der Waals surface area contributed by atoms with Gasteiger partial charge in [-0.25, -0.2) is 4.98 Å². The van der Waals surface area contributed by atoms with Crippen molar-refractivity contribution >= 4 is 17.5 Å². The number of aliphatic hydroxyl groups excluding tert-OH is 3. The highest BCUT2D eigenvalue weighted by atomic mass is 32.2. The van der Waals surface area contributed by atoms with E-state index in [9.17, 15) is 15.3 Å². The minimum absolute atomic E-state index is 0.0915. The number of benzene rings is 2. The summed E-state index contributed by atoms with van der Waals surface area (Å²) in [5.74, 6) is 0.298. The molecule has 0 spiro atoms. The molecule has 0 saturated carbocycles. The van der Waals surface area contributed by atoms with E-state index in [1.165, 1.54) is 4.52 Å². The molecule has 9 nitrogen and oxygen atoms in total. The Kier molecular flexibility index (Phi) is 5.38. The molecule has 4 aromatic rings. The van der Waals surface area contributed by atoms with Gasteiger partial charge in [0.05, 0.1) is 6.61 Å². The molecule has 31 heavy (non-hydrogen) atoms. The van der Waals surface area contributed by atoms with Crippen LogP contribution in [0.5, 0.6) is 0 Å². The zero-order valence-corrected chi connectivity index (χ0v) is 17.0. The van der Waals surface area contributed by atoms with Crippen LogP contribution in [0.2, 0.25) is 0 Å². The van der Waals surface area contributed by atoms with Crippen molar-refractivity contribution in [3.05, 3.63) is 60.7 Å². The third-order valence-corrected chi connectivity index (χ3v) is 6.11. The summed E-state index contributed by atoms with van der Waals surface area (Å²) in [6.07, 6.45) is -3.73. The summed E-state index contributed by atoms with van der Waals surface area (Å²) in [6.45, 7) is -0.0915. The standard InChI is InChI=1S/C21H19N5O4S/c27-14-11-30-19(18(29)17(14)28)31-21-24-23-20-22-15(12-7-3-1-4-8-12)16(25-26(20)21)13-9-5-2-6-10-13/h1-10,14,17-19,27-29H,11H2/t14-,17+,18-,19+/m1/s1. The average Bonchev–Trinajstić information content (AvgIpc) is 3.21. The van der Waals surface area contributed by atoms with E-state index < -0.39 is 23.7 Å². The van der Waals surface area contributed by atoms with E-state index in [2.05, 4.69) is 10.2 Å². The van der Waals surface area contributed by atoms with Gasteiger partial charge in [0.25, 0.3) is 5.78 Å². The Hall–Kier alpha value is -2.89. The van der Waals surface area contributed by atoms with E-state index >= 15 is 0 Å². The fourth-order valence-electron chi connectivity index (χ4n) is 3.36. The van der Waals surface area contributed by atoms with Gasteiger partial charge in [-0.2, -0.15) is 9.61 Å². The monoisotopic (exact) mass is 437 g/mol. The van der Waals surface area contributed by atoms with Gasteiger partial charge >= 0.3 is 0 Å². The van der Waals surface area contributed by atoms with Gasteiger partial charge in [0.2, 0.25) is 5.16 Å². The molecule has 1 fully saturated rings. The van der Waals surface area contributed by atoms with Crippen LogP contribution in [0.25, 0.3) is 28.3 Å². The van der Waals surface area contributed by atoms with Gasteiger partial charge in [-0.1, -0.05) is 60.7 Å². The second-order valence-electron chi connectivity index (χ2n) is 7.10. The Morgan fingerprint density at radius 1 is 0.839 bits per heavy atom. The molecule has 3 heterocycles. The number of hydrogen-bond acceptors (Lipinski definition) is 9. The summed E-state index contributed by atoms with van der Waals surface area (Å²) in [7, 11) is 0. The molecule has 1 aliphatic heterocycles. The fraction of sp³-hybridized carbons (Fsp3) is 0.238. The number of aromatic nitrogens is 5. The maximum Gasteiger partial charge on any atom is 0.273 e. The molecule has 0 amide bonds. The number of thioether (sulfide) groups is 1. The molecule has 2 aromatic heterocycles. The zero-order valence-electron chi connectivity index (χ0n) is 16.2. The largest absolute Gasteiger partial charge is 0.388 e. The molecular formula is C21H19N5O4S. The van der Waals surface area contributed by atoms with Crippen LogP contribution >= 0.6 is 11.8 Å². The summed E-state index contributed by atoms with van der Waals surface area (Å²) in [4.78, 5) is 4.70. The summed E-state index contributed by atoms with van der Waals surface area (Å²) in [5.41, 5.74) is 2.28. The zero-order chi connectivity index (χ0) is 21.4. The predicted molar refractivity (Wildman–Crippen MR) is 113 cm³/mol. The van der Waals surface area contributed by atoms with Crippen LogP contribution in [0, 0.1) is 0 Å². The molecule has 0 bridgehead atoms. The highest BCUT2D eigenvalue weighted by molar-refractivity contribution is 7.99. The third kappa shape index (κ3) is 3.80. The van der Waals surface area contributed by atoms with Gasteiger partial charge in [-0.3, -0.25) is 0 Å². The minimum Gasteiger partial charge on any atom is -0.388 e. The SMILES string of the molecule is O[C@@H]1[C@@H](O)[C@H](Sc2nnc3nc(-c4ccccc4)c(-c4ccccc4)nn23)OC[C@H]1O. The number of ether oxygens (including phenoxy) is 1. The minimum atomic E-state index is -1.30. The van der Waals surface area contributed by atoms with E-state index in [1.807, 2.05) is 60.7 Å². The van der Waals surface area contributed by atoms with Gasteiger partial charge in [0, 0.05) is 11.1 Å². The second kappa shape index (κ2) is 8.33. The molecule has 5 rings (SSSR count). The maximum absolute atomic E-state index is 10.3. The van der Waals surface area contributed by atoms with Crippen molar-refractivity contribution in [2.24, 2.45) is 0 Å². The summed E-state index contributed by atoms with van der Waals surface area (Å²) in [5, 5.41) is 43.3. The molecule has 0 radical (unpaired) electrons. The van der Waals surface area contributed by atoms with Gasteiger partial charge in [-0.15, -0.1) is 10.2 Å². The quantitative estimate of drug-likeness (QED) is 0.434. The van der Waals surface area contributed by atoms with Crippen LogP contribution in [0.15, 0.2) is 65.8 Å². The lowest BCUT2D eigenvalue weighted by molar-refractivity contribution is -0.161. The van der Waals surface area contributed by atoms with Crippen molar-refractivity contribution in [2.45, 2.75) is 28.9 Å². The van der Waals surface area contributed by atoms with Crippen molar-refractivity contribution < 1.29 is 20.1 Å². The second-order valence-corrected chi connectivity index (χ2v) is 8.17. The van der Waals surface area contributed by atoms with E-state index in [1.54, 1.807) is 0 Å². The summed E-state index contributed by atoms with van der Waals surface area (Å²) in [6, 6.07) is 19.4. The highest BCUT2D eigenvalue weighted by Crippen LogP contribution is 2.32. The molecule has 4 atom stereocenters. The number of hydrogen-bond donors (Lipinski definition) is 3. The van der Waals surface area contributed by atoms with Crippen LogP contribution in [-0.4, -0.2) is 70.5 Å². The molecule has 0 aliphatic carbocycles. The maximum atomic E-state index is 10.3. The number of fused-ring (bicyclic) bond motifs is 1. The average molecular weight is 437 g/mol. The normalized spacial score (nSPS) is 23.8. The first-order chi connectivity index (χ1) is 15.1. The fourth-order valence-corrected chi connectivity index (χ4v) is 4.33. The van der Waals surface area contributed by atoms with Crippen molar-refractivity contribution in [2.75, 3.05) is 6.61 Å². The van der Waals surface area contributed by atoms with Crippen LogP contribution < -0.4 is 0 Å². The van der Waals surface area contributed by atoms with Crippen molar-refractivity contribution in [1.82, 2.24) is 24.8 Å². The molecule has 1 saturated heterocycles. The lowest BCUT2D eigenvalue weighted by Gasteiger charge is -2.34. The van der Waals surface area contributed by atoms with Gasteiger partial charge in [0.15, 0.2) is 0 Å². The van der Waals surface area contributed by atoms with Crippen molar-refractivity contribution in [3.63, 3.8) is 0 Å². The number of rotatable bonds is 4. The molecular weight excluding hydrogens is 418 g/mol. The van der Waals surface area contributed by atoms with Gasteiger partial charge in [-0.05, 0) is 11.8 Å². The first kappa shape index (κ1) is 20.0. The molecule has 158 valence electrons. The van der Waals surface area contributed by atoms with E-state index in [0.717, 1.165) is 22.9 Å². The first-order valence-electron chi connectivity index (χ1n) is 9.68. The lowest BCUT2D eigenvalue weighted by atomic mass is 10.0. The number of nitrogens with zero attached hydrogens (tertiary/aromatic N) is 5. The highest BCUT2D eigenvalue weighted by Gasteiger charge is 2.39. The topological polar surface area (TPSA) is 126 Å². The van der Waals surface area contributed by atoms with Crippen LogP contribution in [0.4, 0.5) is 0 Å². The summed E-state index contributed by atoms with van der Waals surface area (Å²) >= 11 is 1.06. The lowest BCUT2D eigenvalue weighted by Crippen LogP contribution is -2.51. The van der Waals surface area contributed by atoms with Crippen LogP contribution in [0.1, 0.15) is 0 Å².